The third-order valence-corrected chi connectivity index (χ3v) is 1.95. The van der Waals surface area contributed by atoms with Gasteiger partial charge < -0.3 is 10.1 Å². The third kappa shape index (κ3) is 8.00. The number of nitrogens with one attached hydrogen (secondary N) is 1. The van der Waals surface area contributed by atoms with Gasteiger partial charge in [-0.1, -0.05) is 19.4 Å². The van der Waals surface area contributed by atoms with Gasteiger partial charge in [0.15, 0.2) is 0 Å². The monoisotopic (exact) mass is 185 g/mol. The average molecular weight is 185 g/mol. The molecule has 2 heteroatoms. The van der Waals surface area contributed by atoms with Gasteiger partial charge in [0.2, 0.25) is 0 Å². The van der Waals surface area contributed by atoms with Crippen molar-refractivity contribution in [1.82, 2.24) is 5.32 Å². The number of rotatable bonds is 9. The molecule has 0 radical (unpaired) electrons. The number of allylic oxidation sites excluding steroid dienone is 1. The molecule has 0 heterocycles. The van der Waals surface area contributed by atoms with Crippen molar-refractivity contribution in [2.75, 3.05) is 20.2 Å². The molecule has 2 nitrogen and oxygen atoms in total. The Balaban J connectivity index is 3.37. The lowest BCUT2D eigenvalue weighted by atomic mass is 10.2. The van der Waals surface area contributed by atoms with E-state index in [1.54, 1.807) is 0 Å². The second-order valence-corrected chi connectivity index (χ2v) is 3.27. The zero-order chi connectivity index (χ0) is 9.94. The van der Waals surface area contributed by atoms with Crippen LogP contribution in [0.4, 0.5) is 0 Å². The smallest absolute Gasteiger partial charge is 0.0699 e. The Morgan fingerprint density at radius 1 is 1.54 bits per heavy atom. The summed E-state index contributed by atoms with van der Waals surface area (Å²) in [6.45, 7) is 7.69. The van der Waals surface area contributed by atoms with Crippen LogP contribution in [0, 0.1) is 0 Å². The Labute approximate surface area is 82.4 Å². The fourth-order valence-corrected chi connectivity index (χ4v) is 1.27. The van der Waals surface area contributed by atoms with Crippen LogP contribution in [-0.4, -0.2) is 26.3 Å². The summed E-state index contributed by atoms with van der Waals surface area (Å²) >= 11 is 0. The number of unbranched alkanes of at least 4 members (excludes halogenated alkanes) is 1. The molecule has 1 N–H and O–H groups in total. The van der Waals surface area contributed by atoms with Crippen molar-refractivity contribution in [3.8, 4) is 0 Å². The summed E-state index contributed by atoms with van der Waals surface area (Å²) in [6.07, 6.45) is 6.81. The van der Waals surface area contributed by atoms with Crippen LogP contribution in [0.3, 0.4) is 0 Å². The zero-order valence-corrected chi connectivity index (χ0v) is 9.01. The molecule has 0 aromatic carbocycles. The standard InChI is InChI=1S/C11H23NO/c1-4-6-7-9-13-11(8-5-2)10-12-3/h4,11-12H,1,5-10H2,2-3H3. The van der Waals surface area contributed by atoms with E-state index in [1.165, 1.54) is 6.42 Å². The predicted molar refractivity (Wildman–Crippen MR) is 58.0 cm³/mol. The zero-order valence-electron chi connectivity index (χ0n) is 9.01. The van der Waals surface area contributed by atoms with Crippen molar-refractivity contribution in [3.63, 3.8) is 0 Å². The fraction of sp³-hybridized carbons (Fsp3) is 0.818. The second-order valence-electron chi connectivity index (χ2n) is 3.27. The Kier molecular flexibility index (Phi) is 9.49. The highest BCUT2D eigenvalue weighted by Gasteiger charge is 2.05. The van der Waals surface area contributed by atoms with E-state index in [4.69, 9.17) is 4.74 Å². The molecule has 1 atom stereocenters. The minimum atomic E-state index is 0.389. The molecule has 0 rings (SSSR count). The average Bonchev–Trinajstić information content (AvgIpc) is 2.13. The van der Waals surface area contributed by atoms with E-state index in [0.717, 1.165) is 32.4 Å². The molecule has 0 amide bonds. The highest BCUT2D eigenvalue weighted by molar-refractivity contribution is 4.66. The van der Waals surface area contributed by atoms with E-state index in [2.05, 4.69) is 18.8 Å². The Hall–Kier alpha value is -0.340. The number of hydrogen-bond donors (Lipinski definition) is 1. The topological polar surface area (TPSA) is 21.3 Å². The van der Waals surface area contributed by atoms with Gasteiger partial charge in [-0.05, 0) is 26.3 Å². The maximum atomic E-state index is 5.71. The first-order valence-corrected chi connectivity index (χ1v) is 5.22. The van der Waals surface area contributed by atoms with Gasteiger partial charge >= 0.3 is 0 Å². The highest BCUT2D eigenvalue weighted by Crippen LogP contribution is 2.02. The summed E-state index contributed by atoms with van der Waals surface area (Å²) in [5.41, 5.74) is 0. The highest BCUT2D eigenvalue weighted by atomic mass is 16.5. The summed E-state index contributed by atoms with van der Waals surface area (Å²) in [6, 6.07) is 0. The van der Waals surface area contributed by atoms with Crippen LogP contribution < -0.4 is 5.32 Å². The lowest BCUT2D eigenvalue weighted by Crippen LogP contribution is -2.26. The van der Waals surface area contributed by atoms with Crippen LogP contribution >= 0.6 is 0 Å². The largest absolute Gasteiger partial charge is 0.377 e. The van der Waals surface area contributed by atoms with Crippen molar-refractivity contribution in [3.05, 3.63) is 12.7 Å². The van der Waals surface area contributed by atoms with Gasteiger partial charge in [-0.2, -0.15) is 0 Å². The summed E-state index contributed by atoms with van der Waals surface area (Å²) < 4.78 is 5.71. The first-order valence-electron chi connectivity index (χ1n) is 5.22. The maximum absolute atomic E-state index is 5.71. The summed E-state index contributed by atoms with van der Waals surface area (Å²) in [5, 5.41) is 3.15. The SMILES string of the molecule is C=CCCCOC(CCC)CNC. The molecule has 0 aromatic rings. The lowest BCUT2D eigenvalue weighted by Gasteiger charge is -2.16. The van der Waals surface area contributed by atoms with Crippen molar-refractivity contribution in [2.24, 2.45) is 0 Å². The minimum absolute atomic E-state index is 0.389. The molecule has 1 unspecified atom stereocenters. The van der Waals surface area contributed by atoms with Gasteiger partial charge in [-0.3, -0.25) is 0 Å². The number of ether oxygens (including phenoxy) is 1. The quantitative estimate of drug-likeness (QED) is 0.440. The van der Waals surface area contributed by atoms with Crippen molar-refractivity contribution < 1.29 is 4.74 Å². The molecule has 0 spiro atoms. The molecule has 0 saturated carbocycles. The predicted octanol–water partition coefficient (Wildman–Crippen LogP) is 2.36. The lowest BCUT2D eigenvalue weighted by molar-refractivity contribution is 0.0472. The molecule has 0 aliphatic heterocycles. The minimum Gasteiger partial charge on any atom is -0.377 e. The van der Waals surface area contributed by atoms with Gasteiger partial charge in [0.05, 0.1) is 6.10 Å². The summed E-state index contributed by atoms with van der Waals surface area (Å²) in [4.78, 5) is 0. The maximum Gasteiger partial charge on any atom is 0.0699 e. The number of likely N-dealkylation sites (N-methyl/N-ethyl adjacent to an activating group) is 1. The van der Waals surface area contributed by atoms with Crippen LogP contribution in [0.15, 0.2) is 12.7 Å². The number of hydrogen-bond acceptors (Lipinski definition) is 2. The van der Waals surface area contributed by atoms with Gasteiger partial charge in [0.25, 0.3) is 0 Å². The van der Waals surface area contributed by atoms with E-state index in [1.807, 2.05) is 13.1 Å². The summed E-state index contributed by atoms with van der Waals surface area (Å²) in [5.74, 6) is 0. The molecular formula is C11H23NO. The van der Waals surface area contributed by atoms with Crippen LogP contribution in [0.1, 0.15) is 32.6 Å². The van der Waals surface area contributed by atoms with Crippen LogP contribution in [0.25, 0.3) is 0 Å². The van der Waals surface area contributed by atoms with Crippen molar-refractivity contribution >= 4 is 0 Å². The van der Waals surface area contributed by atoms with E-state index < -0.39 is 0 Å². The Morgan fingerprint density at radius 2 is 2.31 bits per heavy atom. The third-order valence-electron chi connectivity index (χ3n) is 1.95. The van der Waals surface area contributed by atoms with E-state index >= 15 is 0 Å². The van der Waals surface area contributed by atoms with Gasteiger partial charge in [-0.15, -0.1) is 6.58 Å². The van der Waals surface area contributed by atoms with Gasteiger partial charge in [0, 0.05) is 13.2 Å². The van der Waals surface area contributed by atoms with Crippen LogP contribution in [-0.2, 0) is 4.74 Å². The van der Waals surface area contributed by atoms with Crippen molar-refractivity contribution in [2.45, 2.75) is 38.7 Å². The first-order chi connectivity index (χ1) is 6.35. The first kappa shape index (κ1) is 12.7. The molecule has 0 bridgehead atoms. The molecule has 13 heavy (non-hydrogen) atoms. The van der Waals surface area contributed by atoms with E-state index in [9.17, 15) is 0 Å². The van der Waals surface area contributed by atoms with Crippen LogP contribution in [0.5, 0.6) is 0 Å². The molecule has 78 valence electrons. The van der Waals surface area contributed by atoms with E-state index in [-0.39, 0.29) is 0 Å². The molecule has 0 saturated heterocycles. The second kappa shape index (κ2) is 9.75. The Morgan fingerprint density at radius 3 is 2.85 bits per heavy atom. The molecule has 0 aliphatic rings. The molecular weight excluding hydrogens is 162 g/mol. The molecule has 0 fully saturated rings. The van der Waals surface area contributed by atoms with Crippen LogP contribution in [0.2, 0.25) is 0 Å². The fourth-order valence-electron chi connectivity index (χ4n) is 1.27. The van der Waals surface area contributed by atoms with Gasteiger partial charge in [-0.25, -0.2) is 0 Å². The summed E-state index contributed by atoms with van der Waals surface area (Å²) in [7, 11) is 1.97. The normalized spacial score (nSPS) is 12.8. The Bertz CT molecular complexity index is 109. The molecule has 0 aliphatic carbocycles. The van der Waals surface area contributed by atoms with E-state index in [0.29, 0.717) is 6.10 Å². The van der Waals surface area contributed by atoms with Crippen molar-refractivity contribution in [1.29, 1.82) is 0 Å². The molecule has 0 aromatic heterocycles. The van der Waals surface area contributed by atoms with Gasteiger partial charge in [0.1, 0.15) is 0 Å².